The van der Waals surface area contributed by atoms with Crippen molar-refractivity contribution in [2.45, 2.75) is 32.7 Å². The fourth-order valence-electron chi connectivity index (χ4n) is 1.84. The van der Waals surface area contributed by atoms with Crippen LogP contribution >= 0.6 is 0 Å². The van der Waals surface area contributed by atoms with Crippen LogP contribution in [0.5, 0.6) is 0 Å². The molecule has 21 heavy (non-hydrogen) atoms. The van der Waals surface area contributed by atoms with Gasteiger partial charge < -0.3 is 10.6 Å². The van der Waals surface area contributed by atoms with E-state index in [9.17, 15) is 4.39 Å². The van der Waals surface area contributed by atoms with Gasteiger partial charge in [0.25, 0.3) is 0 Å². The van der Waals surface area contributed by atoms with Gasteiger partial charge in [-0.2, -0.15) is 10.1 Å². The number of unbranched alkanes of at least 4 members (excludes halogenated alkanes) is 2. The van der Waals surface area contributed by atoms with Gasteiger partial charge in [0.1, 0.15) is 11.6 Å². The van der Waals surface area contributed by atoms with Gasteiger partial charge in [0.15, 0.2) is 0 Å². The zero-order valence-electron chi connectivity index (χ0n) is 12.1. The van der Waals surface area contributed by atoms with Gasteiger partial charge in [-0.1, -0.05) is 31.9 Å². The highest BCUT2D eigenvalue weighted by atomic mass is 19.1. The first kappa shape index (κ1) is 15.2. The second-order valence-corrected chi connectivity index (χ2v) is 4.78. The molecule has 0 aliphatic rings. The molecule has 5 nitrogen and oxygen atoms in total. The average Bonchev–Trinajstić information content (AvgIpc) is 2.52. The van der Waals surface area contributed by atoms with Gasteiger partial charge in [-0.15, -0.1) is 5.10 Å². The number of hydrogen-bond acceptors (Lipinski definition) is 5. The highest BCUT2D eigenvalue weighted by Gasteiger charge is 2.00. The number of nitrogens with zero attached hydrogens (tertiary/aromatic N) is 3. The summed E-state index contributed by atoms with van der Waals surface area (Å²) in [5.41, 5.74) is 0.960. The molecule has 2 rings (SSSR count). The van der Waals surface area contributed by atoms with Gasteiger partial charge in [-0.25, -0.2) is 4.39 Å². The number of hydrogen-bond donors (Lipinski definition) is 2. The Bertz CT molecular complexity index is 544. The van der Waals surface area contributed by atoms with Crippen LogP contribution in [0.4, 0.5) is 16.2 Å². The molecular formula is C15H20FN5. The number of halogens is 1. The van der Waals surface area contributed by atoms with Gasteiger partial charge in [-0.05, 0) is 24.1 Å². The topological polar surface area (TPSA) is 62.7 Å². The van der Waals surface area contributed by atoms with Gasteiger partial charge in [-0.3, -0.25) is 0 Å². The first-order valence-electron chi connectivity index (χ1n) is 7.20. The van der Waals surface area contributed by atoms with Crippen molar-refractivity contribution >= 4 is 11.8 Å². The van der Waals surface area contributed by atoms with E-state index >= 15 is 0 Å². The van der Waals surface area contributed by atoms with Crippen LogP contribution in [0.2, 0.25) is 0 Å². The maximum Gasteiger partial charge on any atom is 0.244 e. The monoisotopic (exact) mass is 289 g/mol. The lowest BCUT2D eigenvalue weighted by Crippen LogP contribution is -2.09. The molecule has 0 fully saturated rings. The molecule has 0 unspecified atom stereocenters. The molecule has 6 heteroatoms. The average molecular weight is 289 g/mol. The first-order chi connectivity index (χ1) is 10.3. The number of nitrogens with one attached hydrogen (secondary N) is 2. The summed E-state index contributed by atoms with van der Waals surface area (Å²) in [7, 11) is 0. The van der Waals surface area contributed by atoms with Gasteiger partial charge >= 0.3 is 0 Å². The number of anilines is 2. The molecule has 0 aliphatic heterocycles. The van der Waals surface area contributed by atoms with Crippen molar-refractivity contribution in [2.24, 2.45) is 0 Å². The van der Waals surface area contributed by atoms with Gasteiger partial charge in [0, 0.05) is 13.1 Å². The van der Waals surface area contributed by atoms with E-state index in [-0.39, 0.29) is 5.82 Å². The number of rotatable bonds is 8. The highest BCUT2D eigenvalue weighted by molar-refractivity contribution is 5.37. The standard InChI is InChI=1S/C15H20FN5/c1-2-3-4-9-17-14-11-19-21-15(20-14)18-10-12-5-7-13(16)8-6-12/h5-8,11H,2-4,9-10H2,1H3,(H2,17,18,20,21). The van der Waals surface area contributed by atoms with E-state index < -0.39 is 0 Å². The van der Waals surface area contributed by atoms with Crippen LogP contribution in [0, 0.1) is 5.82 Å². The Kier molecular flexibility index (Phi) is 5.87. The molecule has 2 aromatic rings. The summed E-state index contributed by atoms with van der Waals surface area (Å²) < 4.78 is 12.8. The maximum atomic E-state index is 12.8. The Labute approximate surface area is 124 Å². The van der Waals surface area contributed by atoms with Gasteiger partial charge in [0.2, 0.25) is 5.95 Å². The zero-order chi connectivity index (χ0) is 14.9. The minimum absolute atomic E-state index is 0.241. The molecule has 0 aliphatic carbocycles. The van der Waals surface area contributed by atoms with Crippen molar-refractivity contribution < 1.29 is 4.39 Å². The summed E-state index contributed by atoms with van der Waals surface area (Å²) in [4.78, 5) is 4.33. The van der Waals surface area contributed by atoms with E-state index in [0.717, 1.165) is 18.5 Å². The minimum Gasteiger partial charge on any atom is -0.369 e. The molecule has 0 spiro atoms. The lowest BCUT2D eigenvalue weighted by molar-refractivity contribution is 0.627. The molecule has 1 aromatic heterocycles. The summed E-state index contributed by atoms with van der Waals surface area (Å²) in [6.45, 7) is 3.58. The van der Waals surface area contributed by atoms with Crippen molar-refractivity contribution in [3.8, 4) is 0 Å². The predicted molar refractivity (Wildman–Crippen MR) is 81.6 cm³/mol. The molecule has 2 N–H and O–H groups in total. The smallest absolute Gasteiger partial charge is 0.244 e. The van der Waals surface area contributed by atoms with Crippen LogP contribution in [0.25, 0.3) is 0 Å². The highest BCUT2D eigenvalue weighted by Crippen LogP contribution is 2.07. The Balaban J connectivity index is 1.84. The van der Waals surface area contributed by atoms with Crippen LogP contribution in [0.15, 0.2) is 30.5 Å². The summed E-state index contributed by atoms with van der Waals surface area (Å²) in [5.74, 6) is 0.928. The molecule has 0 saturated heterocycles. The fraction of sp³-hybridized carbons (Fsp3) is 0.400. The molecule has 0 radical (unpaired) electrons. The largest absolute Gasteiger partial charge is 0.369 e. The fourth-order valence-corrected chi connectivity index (χ4v) is 1.84. The SMILES string of the molecule is CCCCCNc1cnnc(NCc2ccc(F)cc2)n1. The van der Waals surface area contributed by atoms with Crippen LogP contribution < -0.4 is 10.6 Å². The summed E-state index contributed by atoms with van der Waals surface area (Å²) in [5, 5.41) is 14.1. The third kappa shape index (κ3) is 5.33. The van der Waals surface area contributed by atoms with Crippen LogP contribution in [0.1, 0.15) is 31.7 Å². The molecule has 0 saturated carbocycles. The lowest BCUT2D eigenvalue weighted by atomic mass is 10.2. The van der Waals surface area contributed by atoms with Crippen LogP contribution in [0.3, 0.4) is 0 Å². The zero-order valence-corrected chi connectivity index (χ0v) is 12.1. The molecule has 0 bridgehead atoms. The maximum absolute atomic E-state index is 12.8. The minimum atomic E-state index is -0.241. The van der Waals surface area contributed by atoms with E-state index in [1.807, 2.05) is 0 Å². The van der Waals surface area contributed by atoms with Crippen molar-refractivity contribution in [3.63, 3.8) is 0 Å². The Morgan fingerprint density at radius 3 is 2.67 bits per heavy atom. The van der Waals surface area contributed by atoms with E-state index in [4.69, 9.17) is 0 Å². The normalized spacial score (nSPS) is 10.4. The molecule has 1 heterocycles. The van der Waals surface area contributed by atoms with E-state index in [1.54, 1.807) is 18.3 Å². The number of benzene rings is 1. The van der Waals surface area contributed by atoms with E-state index in [1.165, 1.54) is 25.0 Å². The second-order valence-electron chi connectivity index (χ2n) is 4.78. The van der Waals surface area contributed by atoms with Crippen molar-refractivity contribution in [2.75, 3.05) is 17.2 Å². The van der Waals surface area contributed by atoms with E-state index in [2.05, 4.69) is 32.7 Å². The first-order valence-corrected chi connectivity index (χ1v) is 7.20. The molecule has 0 amide bonds. The second kappa shape index (κ2) is 8.14. The third-order valence-corrected chi connectivity index (χ3v) is 3.01. The molecule has 1 aromatic carbocycles. The quantitative estimate of drug-likeness (QED) is 0.731. The van der Waals surface area contributed by atoms with Gasteiger partial charge in [0.05, 0.1) is 6.20 Å². The van der Waals surface area contributed by atoms with E-state index in [0.29, 0.717) is 18.3 Å². The van der Waals surface area contributed by atoms with Crippen molar-refractivity contribution in [1.29, 1.82) is 0 Å². The number of aromatic nitrogens is 3. The lowest BCUT2D eigenvalue weighted by Gasteiger charge is -2.07. The Morgan fingerprint density at radius 1 is 1.10 bits per heavy atom. The Morgan fingerprint density at radius 2 is 1.90 bits per heavy atom. The van der Waals surface area contributed by atoms with Crippen molar-refractivity contribution in [3.05, 3.63) is 41.8 Å². The molecule has 0 atom stereocenters. The summed E-state index contributed by atoms with van der Waals surface area (Å²) >= 11 is 0. The summed E-state index contributed by atoms with van der Waals surface area (Å²) in [6.07, 6.45) is 5.10. The summed E-state index contributed by atoms with van der Waals surface area (Å²) in [6, 6.07) is 6.31. The molecule has 112 valence electrons. The Hall–Kier alpha value is -2.24. The van der Waals surface area contributed by atoms with Crippen LogP contribution in [-0.2, 0) is 6.54 Å². The predicted octanol–water partition coefficient (Wildman–Crippen LogP) is 3.22. The van der Waals surface area contributed by atoms with Crippen molar-refractivity contribution in [1.82, 2.24) is 15.2 Å². The third-order valence-electron chi connectivity index (χ3n) is 3.01. The van der Waals surface area contributed by atoms with Crippen LogP contribution in [-0.4, -0.2) is 21.7 Å². The molecular weight excluding hydrogens is 269 g/mol.